The van der Waals surface area contributed by atoms with E-state index in [1.165, 1.54) is 11.8 Å². The summed E-state index contributed by atoms with van der Waals surface area (Å²) >= 11 is 3.46. The number of aromatic nitrogens is 4. The van der Waals surface area contributed by atoms with Gasteiger partial charge in [0.1, 0.15) is 16.8 Å². The Morgan fingerprint density at radius 2 is 2.11 bits per heavy atom. The molecule has 5 heteroatoms. The van der Waals surface area contributed by atoms with Crippen LogP contribution in [0.5, 0.6) is 0 Å². The summed E-state index contributed by atoms with van der Waals surface area (Å²) in [6.07, 6.45) is 4.09. The Bertz CT molecular complexity index is 720. The van der Waals surface area contributed by atoms with E-state index in [9.17, 15) is 0 Å². The molecule has 4 nitrogen and oxygen atoms in total. The van der Waals surface area contributed by atoms with E-state index in [2.05, 4.69) is 43.5 Å². The molecule has 0 unspecified atom stereocenters. The van der Waals surface area contributed by atoms with Gasteiger partial charge >= 0.3 is 0 Å². The van der Waals surface area contributed by atoms with Crippen LogP contribution < -0.4 is 0 Å². The molecule has 0 fully saturated rings. The molecule has 0 amide bonds. The molecule has 1 aromatic carbocycles. The normalized spacial score (nSPS) is 11.1. The average molecular weight is 317 g/mol. The van der Waals surface area contributed by atoms with Crippen molar-refractivity contribution in [1.82, 2.24) is 19.5 Å². The molecular weight excluding hydrogens is 304 g/mol. The minimum atomic E-state index is 0.726. The molecule has 0 N–H and O–H groups in total. The first-order valence-corrected chi connectivity index (χ1v) is 6.97. The van der Waals surface area contributed by atoms with Crippen molar-refractivity contribution in [3.8, 4) is 0 Å². The van der Waals surface area contributed by atoms with Crippen LogP contribution in [0.2, 0.25) is 0 Å². The zero-order chi connectivity index (χ0) is 13.2. The summed E-state index contributed by atoms with van der Waals surface area (Å²) in [7, 11) is 0. The molecule has 19 heavy (non-hydrogen) atoms. The predicted octanol–water partition coefficient (Wildman–Crippen LogP) is 3.20. The van der Waals surface area contributed by atoms with Crippen molar-refractivity contribution in [2.45, 2.75) is 19.9 Å². The summed E-state index contributed by atoms with van der Waals surface area (Å²) < 4.78 is 3.06. The summed E-state index contributed by atoms with van der Waals surface area (Å²) in [6.45, 7) is 3.04. The standard InChI is InChI=1S/C14H13BrN4/c1-2-19-12-6-4-3-5-11(12)18-13(19)7-10-8-16-9-17-14(10)15/h3-6,8-9H,2,7H2,1H3. The molecule has 3 rings (SSSR count). The lowest BCUT2D eigenvalue weighted by Gasteiger charge is -2.06. The molecule has 0 bridgehead atoms. The van der Waals surface area contributed by atoms with Crippen LogP contribution in [0.15, 0.2) is 41.4 Å². The fourth-order valence-electron chi connectivity index (χ4n) is 2.25. The van der Waals surface area contributed by atoms with E-state index in [-0.39, 0.29) is 0 Å². The van der Waals surface area contributed by atoms with Crippen molar-refractivity contribution in [2.24, 2.45) is 0 Å². The lowest BCUT2D eigenvalue weighted by atomic mass is 10.2. The van der Waals surface area contributed by atoms with Gasteiger partial charge in [0.2, 0.25) is 0 Å². The molecule has 96 valence electrons. The molecular formula is C14H13BrN4. The van der Waals surface area contributed by atoms with Gasteiger partial charge in [-0.25, -0.2) is 15.0 Å². The van der Waals surface area contributed by atoms with Crippen LogP contribution in [0.4, 0.5) is 0 Å². The highest BCUT2D eigenvalue weighted by Crippen LogP contribution is 2.20. The summed E-state index contributed by atoms with van der Waals surface area (Å²) in [4.78, 5) is 12.9. The summed E-state index contributed by atoms with van der Waals surface area (Å²) in [5.74, 6) is 1.04. The summed E-state index contributed by atoms with van der Waals surface area (Å²) in [5.41, 5.74) is 3.26. The van der Waals surface area contributed by atoms with Crippen LogP contribution in [0, 0.1) is 0 Å². The summed E-state index contributed by atoms with van der Waals surface area (Å²) in [6, 6.07) is 8.20. The highest BCUT2D eigenvalue weighted by atomic mass is 79.9. The van der Waals surface area contributed by atoms with Crippen molar-refractivity contribution >= 4 is 27.0 Å². The van der Waals surface area contributed by atoms with Gasteiger partial charge in [0.25, 0.3) is 0 Å². The molecule has 0 saturated heterocycles. The van der Waals surface area contributed by atoms with Crippen molar-refractivity contribution in [2.75, 3.05) is 0 Å². The van der Waals surface area contributed by atoms with E-state index < -0.39 is 0 Å². The smallest absolute Gasteiger partial charge is 0.116 e. The van der Waals surface area contributed by atoms with Crippen molar-refractivity contribution in [3.63, 3.8) is 0 Å². The average Bonchev–Trinajstić information content (AvgIpc) is 2.78. The van der Waals surface area contributed by atoms with Gasteiger partial charge in [-0.1, -0.05) is 12.1 Å². The number of hydrogen-bond acceptors (Lipinski definition) is 3. The Morgan fingerprint density at radius 3 is 2.89 bits per heavy atom. The Labute approximate surface area is 119 Å². The second-order valence-electron chi connectivity index (χ2n) is 4.28. The molecule has 2 heterocycles. The highest BCUT2D eigenvalue weighted by Gasteiger charge is 2.11. The Balaban J connectivity index is 2.08. The molecule has 0 saturated carbocycles. The van der Waals surface area contributed by atoms with Crippen LogP contribution in [-0.2, 0) is 13.0 Å². The number of benzene rings is 1. The Kier molecular flexibility index (Phi) is 3.29. The van der Waals surface area contributed by atoms with E-state index in [0.717, 1.165) is 34.5 Å². The molecule has 0 aliphatic rings. The largest absolute Gasteiger partial charge is 0.328 e. The molecule has 0 atom stereocenters. The van der Waals surface area contributed by atoms with E-state index in [1.807, 2.05) is 24.4 Å². The van der Waals surface area contributed by atoms with Crippen molar-refractivity contribution < 1.29 is 0 Å². The van der Waals surface area contributed by atoms with Gasteiger partial charge in [-0.3, -0.25) is 0 Å². The van der Waals surface area contributed by atoms with Crippen LogP contribution in [0.3, 0.4) is 0 Å². The van der Waals surface area contributed by atoms with Crippen LogP contribution in [0.25, 0.3) is 11.0 Å². The lowest BCUT2D eigenvalue weighted by Crippen LogP contribution is -2.03. The van der Waals surface area contributed by atoms with Gasteiger partial charge in [-0.05, 0) is 35.0 Å². The number of rotatable bonds is 3. The molecule has 0 aliphatic heterocycles. The van der Waals surface area contributed by atoms with Gasteiger partial charge < -0.3 is 4.57 Å². The topological polar surface area (TPSA) is 43.6 Å². The number of para-hydroxylation sites is 2. The van der Waals surface area contributed by atoms with Crippen LogP contribution in [-0.4, -0.2) is 19.5 Å². The number of hydrogen-bond donors (Lipinski definition) is 0. The van der Waals surface area contributed by atoms with Gasteiger partial charge in [0.05, 0.1) is 11.0 Å². The SMILES string of the molecule is CCn1c(Cc2cncnc2Br)nc2ccccc21. The first-order valence-electron chi connectivity index (χ1n) is 6.18. The fraction of sp³-hybridized carbons (Fsp3) is 0.214. The third kappa shape index (κ3) is 2.26. The Hall–Kier alpha value is -1.75. The third-order valence-electron chi connectivity index (χ3n) is 3.13. The first-order chi connectivity index (χ1) is 9.29. The number of halogens is 1. The van der Waals surface area contributed by atoms with Crippen LogP contribution >= 0.6 is 15.9 Å². The van der Waals surface area contributed by atoms with Crippen LogP contribution in [0.1, 0.15) is 18.3 Å². The second-order valence-corrected chi connectivity index (χ2v) is 5.03. The lowest BCUT2D eigenvalue weighted by molar-refractivity contribution is 0.731. The molecule has 3 aromatic rings. The third-order valence-corrected chi connectivity index (χ3v) is 3.85. The van der Waals surface area contributed by atoms with Gasteiger partial charge in [0, 0.05) is 24.7 Å². The second kappa shape index (κ2) is 5.09. The monoisotopic (exact) mass is 316 g/mol. The maximum Gasteiger partial charge on any atom is 0.116 e. The zero-order valence-corrected chi connectivity index (χ0v) is 12.1. The fourth-order valence-corrected chi connectivity index (χ4v) is 2.58. The molecule has 0 radical (unpaired) electrons. The Morgan fingerprint density at radius 1 is 1.26 bits per heavy atom. The van der Waals surface area contributed by atoms with Crippen molar-refractivity contribution in [1.29, 1.82) is 0 Å². The predicted molar refractivity (Wildman–Crippen MR) is 77.9 cm³/mol. The zero-order valence-electron chi connectivity index (χ0n) is 10.5. The van der Waals surface area contributed by atoms with Crippen molar-refractivity contribution in [3.05, 3.63) is 52.8 Å². The van der Waals surface area contributed by atoms with E-state index >= 15 is 0 Å². The molecule has 0 aliphatic carbocycles. The summed E-state index contributed by atoms with van der Waals surface area (Å²) in [5, 5.41) is 0. The maximum atomic E-state index is 4.71. The first kappa shape index (κ1) is 12.3. The van der Waals surface area contributed by atoms with E-state index in [4.69, 9.17) is 4.98 Å². The quantitative estimate of drug-likeness (QED) is 0.697. The number of fused-ring (bicyclic) bond motifs is 1. The van der Waals surface area contributed by atoms with Gasteiger partial charge in [-0.15, -0.1) is 0 Å². The minimum Gasteiger partial charge on any atom is -0.328 e. The molecule has 0 spiro atoms. The highest BCUT2D eigenvalue weighted by molar-refractivity contribution is 9.10. The molecule has 2 aromatic heterocycles. The number of aryl methyl sites for hydroxylation is 1. The minimum absolute atomic E-state index is 0.726. The van der Waals surface area contributed by atoms with Gasteiger partial charge in [-0.2, -0.15) is 0 Å². The number of nitrogens with zero attached hydrogens (tertiary/aromatic N) is 4. The maximum absolute atomic E-state index is 4.71. The number of imidazole rings is 1. The van der Waals surface area contributed by atoms with Gasteiger partial charge in [0.15, 0.2) is 0 Å². The van der Waals surface area contributed by atoms with E-state index in [0.29, 0.717) is 0 Å². The van der Waals surface area contributed by atoms with E-state index in [1.54, 1.807) is 0 Å².